The molecule has 21 heavy (non-hydrogen) atoms. The molecule has 4 heteroatoms. The van der Waals surface area contributed by atoms with Crippen LogP contribution in [0.3, 0.4) is 0 Å². The normalized spacial score (nSPS) is 13.2. The lowest BCUT2D eigenvalue weighted by Gasteiger charge is -2.18. The Balaban J connectivity index is 1.48. The van der Waals surface area contributed by atoms with Gasteiger partial charge in [-0.3, -0.25) is 4.98 Å². The predicted molar refractivity (Wildman–Crippen MR) is 81.8 cm³/mol. The van der Waals surface area contributed by atoms with Crippen molar-refractivity contribution in [1.82, 2.24) is 10.3 Å². The van der Waals surface area contributed by atoms with Crippen LogP contribution < -0.4 is 14.8 Å². The molecule has 1 N–H and O–H groups in total. The van der Waals surface area contributed by atoms with E-state index in [1.165, 1.54) is 11.1 Å². The van der Waals surface area contributed by atoms with E-state index >= 15 is 0 Å². The predicted octanol–water partition coefficient (Wildman–Crippen LogP) is 2.49. The van der Waals surface area contributed by atoms with Gasteiger partial charge in [0.1, 0.15) is 13.2 Å². The molecule has 2 heterocycles. The molecule has 0 bridgehead atoms. The lowest BCUT2D eigenvalue weighted by Crippen LogP contribution is -2.18. The Morgan fingerprint density at radius 3 is 2.76 bits per heavy atom. The van der Waals surface area contributed by atoms with E-state index in [1.54, 1.807) is 0 Å². The SMILES string of the molecule is Cc1ccc(CNCCc2ccc3c(c2)OCCO3)nc1. The molecule has 1 aromatic heterocycles. The van der Waals surface area contributed by atoms with Crippen molar-refractivity contribution in [3.8, 4) is 11.5 Å². The van der Waals surface area contributed by atoms with Crippen LogP contribution in [0.1, 0.15) is 16.8 Å². The van der Waals surface area contributed by atoms with Gasteiger partial charge in [-0.25, -0.2) is 0 Å². The minimum Gasteiger partial charge on any atom is -0.486 e. The molecule has 0 spiro atoms. The molecule has 0 aliphatic carbocycles. The van der Waals surface area contributed by atoms with Crippen LogP contribution in [0.4, 0.5) is 0 Å². The number of aromatic nitrogens is 1. The Morgan fingerprint density at radius 2 is 1.95 bits per heavy atom. The number of hydrogen-bond donors (Lipinski definition) is 1. The van der Waals surface area contributed by atoms with E-state index in [0.717, 1.165) is 36.7 Å². The first kappa shape index (κ1) is 13.9. The minimum atomic E-state index is 0.633. The number of nitrogens with zero attached hydrogens (tertiary/aromatic N) is 1. The highest BCUT2D eigenvalue weighted by molar-refractivity contribution is 5.43. The number of aryl methyl sites for hydroxylation is 1. The van der Waals surface area contributed by atoms with Gasteiger partial charge >= 0.3 is 0 Å². The van der Waals surface area contributed by atoms with Crippen LogP contribution in [0.15, 0.2) is 36.5 Å². The highest BCUT2D eigenvalue weighted by atomic mass is 16.6. The maximum Gasteiger partial charge on any atom is 0.161 e. The zero-order chi connectivity index (χ0) is 14.5. The summed E-state index contributed by atoms with van der Waals surface area (Å²) in [6.07, 6.45) is 2.86. The number of pyridine rings is 1. The fraction of sp³-hybridized carbons (Fsp3) is 0.353. The van der Waals surface area contributed by atoms with Gasteiger partial charge in [0.2, 0.25) is 0 Å². The van der Waals surface area contributed by atoms with Crippen molar-refractivity contribution in [3.63, 3.8) is 0 Å². The Morgan fingerprint density at radius 1 is 1.10 bits per heavy atom. The third-order valence-electron chi connectivity index (χ3n) is 3.48. The fourth-order valence-electron chi connectivity index (χ4n) is 2.30. The van der Waals surface area contributed by atoms with Crippen molar-refractivity contribution in [2.24, 2.45) is 0 Å². The number of rotatable bonds is 5. The Bertz CT molecular complexity index is 596. The maximum atomic E-state index is 5.60. The number of nitrogens with one attached hydrogen (secondary N) is 1. The largest absolute Gasteiger partial charge is 0.486 e. The molecule has 2 aromatic rings. The van der Waals surface area contributed by atoms with Gasteiger partial charge in [-0.15, -0.1) is 0 Å². The average Bonchev–Trinajstić information content (AvgIpc) is 2.53. The van der Waals surface area contributed by atoms with Crippen LogP contribution >= 0.6 is 0 Å². The van der Waals surface area contributed by atoms with Crippen LogP contribution in [-0.2, 0) is 13.0 Å². The van der Waals surface area contributed by atoms with Gasteiger partial charge in [-0.2, -0.15) is 0 Å². The van der Waals surface area contributed by atoms with E-state index < -0.39 is 0 Å². The molecule has 0 saturated heterocycles. The second kappa shape index (κ2) is 6.59. The number of hydrogen-bond acceptors (Lipinski definition) is 4. The average molecular weight is 284 g/mol. The quantitative estimate of drug-likeness (QED) is 0.857. The molecule has 4 nitrogen and oxygen atoms in total. The molecule has 0 amide bonds. The second-order valence-corrected chi connectivity index (χ2v) is 5.23. The molecule has 3 rings (SSSR count). The molecule has 0 atom stereocenters. The van der Waals surface area contributed by atoms with Crippen molar-refractivity contribution in [3.05, 3.63) is 53.3 Å². The summed E-state index contributed by atoms with van der Waals surface area (Å²) in [6.45, 7) is 5.03. The van der Waals surface area contributed by atoms with E-state index in [0.29, 0.717) is 13.2 Å². The smallest absolute Gasteiger partial charge is 0.161 e. The summed E-state index contributed by atoms with van der Waals surface area (Å²) in [4.78, 5) is 4.38. The summed E-state index contributed by atoms with van der Waals surface area (Å²) in [5.41, 5.74) is 3.52. The van der Waals surface area contributed by atoms with Crippen LogP contribution in [0.5, 0.6) is 11.5 Å². The maximum absolute atomic E-state index is 5.60. The summed E-state index contributed by atoms with van der Waals surface area (Å²) < 4.78 is 11.1. The summed E-state index contributed by atoms with van der Waals surface area (Å²) in [7, 11) is 0. The molecule has 1 aliphatic rings. The first-order valence-electron chi connectivity index (χ1n) is 7.32. The van der Waals surface area contributed by atoms with Gasteiger partial charge in [0.15, 0.2) is 11.5 Å². The molecule has 110 valence electrons. The number of fused-ring (bicyclic) bond motifs is 1. The van der Waals surface area contributed by atoms with E-state index in [-0.39, 0.29) is 0 Å². The van der Waals surface area contributed by atoms with Gasteiger partial charge in [0, 0.05) is 12.7 Å². The molecule has 0 saturated carbocycles. The van der Waals surface area contributed by atoms with Gasteiger partial charge < -0.3 is 14.8 Å². The van der Waals surface area contributed by atoms with Crippen LogP contribution in [-0.4, -0.2) is 24.7 Å². The second-order valence-electron chi connectivity index (χ2n) is 5.23. The van der Waals surface area contributed by atoms with E-state index in [2.05, 4.69) is 34.6 Å². The monoisotopic (exact) mass is 284 g/mol. The summed E-state index contributed by atoms with van der Waals surface area (Å²) in [5, 5.41) is 3.42. The zero-order valence-electron chi connectivity index (χ0n) is 12.3. The van der Waals surface area contributed by atoms with Crippen molar-refractivity contribution in [2.75, 3.05) is 19.8 Å². The topological polar surface area (TPSA) is 43.4 Å². The molecule has 1 aromatic carbocycles. The van der Waals surface area contributed by atoms with E-state index in [1.807, 2.05) is 19.2 Å². The summed E-state index contributed by atoms with van der Waals surface area (Å²) in [6, 6.07) is 10.3. The lowest BCUT2D eigenvalue weighted by molar-refractivity contribution is 0.171. The van der Waals surface area contributed by atoms with Crippen LogP contribution in [0, 0.1) is 6.92 Å². The first-order chi connectivity index (χ1) is 10.3. The fourth-order valence-corrected chi connectivity index (χ4v) is 2.30. The first-order valence-corrected chi connectivity index (χ1v) is 7.32. The Hall–Kier alpha value is -2.07. The molecule has 1 aliphatic heterocycles. The summed E-state index contributed by atoms with van der Waals surface area (Å²) in [5.74, 6) is 1.71. The molecular weight excluding hydrogens is 264 g/mol. The van der Waals surface area contributed by atoms with Crippen molar-refractivity contribution >= 4 is 0 Å². The summed E-state index contributed by atoms with van der Waals surface area (Å²) >= 11 is 0. The third-order valence-corrected chi connectivity index (χ3v) is 3.48. The van der Waals surface area contributed by atoms with Gasteiger partial charge in [-0.05, 0) is 49.2 Å². The molecular formula is C17H20N2O2. The van der Waals surface area contributed by atoms with Crippen LogP contribution in [0.25, 0.3) is 0 Å². The molecule has 0 unspecified atom stereocenters. The number of ether oxygens (including phenoxy) is 2. The van der Waals surface area contributed by atoms with Crippen molar-refractivity contribution < 1.29 is 9.47 Å². The number of benzene rings is 1. The highest BCUT2D eigenvalue weighted by Gasteiger charge is 2.11. The van der Waals surface area contributed by atoms with E-state index in [4.69, 9.17) is 9.47 Å². The van der Waals surface area contributed by atoms with Crippen LogP contribution in [0.2, 0.25) is 0 Å². The third kappa shape index (κ3) is 3.73. The van der Waals surface area contributed by atoms with E-state index in [9.17, 15) is 0 Å². The molecule has 0 radical (unpaired) electrons. The van der Waals surface area contributed by atoms with Crippen molar-refractivity contribution in [2.45, 2.75) is 19.9 Å². The highest BCUT2D eigenvalue weighted by Crippen LogP contribution is 2.30. The van der Waals surface area contributed by atoms with Crippen molar-refractivity contribution in [1.29, 1.82) is 0 Å². The zero-order valence-corrected chi connectivity index (χ0v) is 12.3. The van der Waals surface area contributed by atoms with Gasteiger partial charge in [0.25, 0.3) is 0 Å². The lowest BCUT2D eigenvalue weighted by atomic mass is 10.1. The van der Waals surface area contributed by atoms with Gasteiger partial charge in [0.05, 0.1) is 5.69 Å². The standard InChI is InChI=1S/C17H20N2O2/c1-13-2-4-15(19-11-13)12-18-7-6-14-3-5-16-17(10-14)21-9-8-20-16/h2-5,10-11,18H,6-9,12H2,1H3. The Labute approximate surface area is 125 Å². The minimum absolute atomic E-state index is 0.633. The Kier molecular flexibility index (Phi) is 4.36. The molecule has 0 fully saturated rings. The van der Waals surface area contributed by atoms with Gasteiger partial charge in [-0.1, -0.05) is 12.1 Å².